The molecule has 20 heavy (non-hydrogen) atoms. The summed E-state index contributed by atoms with van der Waals surface area (Å²) in [4.78, 5) is 37.0. The molecule has 2 heterocycles. The maximum atomic E-state index is 12.4. The fourth-order valence-electron chi connectivity index (χ4n) is 2.23. The molecule has 6 nitrogen and oxygen atoms in total. The Labute approximate surface area is 120 Å². The molecule has 1 saturated heterocycles. The smallest absolute Gasteiger partial charge is 0.328 e. The lowest BCUT2D eigenvalue weighted by atomic mass is 10.2. The third-order valence-electron chi connectivity index (χ3n) is 3.10. The number of hydrogen-bond acceptors (Lipinski definition) is 5. The van der Waals surface area contributed by atoms with Crippen LogP contribution >= 0.6 is 11.3 Å². The van der Waals surface area contributed by atoms with Gasteiger partial charge in [0.1, 0.15) is 6.04 Å². The monoisotopic (exact) mass is 296 g/mol. The zero-order valence-corrected chi connectivity index (χ0v) is 12.2. The minimum Gasteiger partial charge on any atom is -0.467 e. The molecule has 1 fully saturated rings. The van der Waals surface area contributed by atoms with Gasteiger partial charge in [-0.3, -0.25) is 9.59 Å². The molecular weight excluding hydrogens is 280 g/mol. The van der Waals surface area contributed by atoms with Crippen LogP contribution in [0.3, 0.4) is 0 Å². The molecular formula is C13H16N2O4S. The molecule has 108 valence electrons. The van der Waals surface area contributed by atoms with Gasteiger partial charge in [-0.05, 0) is 25.0 Å². The van der Waals surface area contributed by atoms with Crippen LogP contribution < -0.4 is 5.32 Å². The highest BCUT2D eigenvalue weighted by Crippen LogP contribution is 2.27. The molecule has 1 aliphatic heterocycles. The van der Waals surface area contributed by atoms with Gasteiger partial charge in [-0.2, -0.15) is 0 Å². The number of ether oxygens (including phenoxy) is 1. The summed E-state index contributed by atoms with van der Waals surface area (Å²) >= 11 is 1.20. The van der Waals surface area contributed by atoms with Crippen LogP contribution in [0.1, 0.15) is 29.4 Å². The van der Waals surface area contributed by atoms with Crippen molar-refractivity contribution in [2.45, 2.75) is 25.8 Å². The van der Waals surface area contributed by atoms with Crippen LogP contribution in [-0.4, -0.2) is 42.4 Å². The second-order valence-electron chi connectivity index (χ2n) is 4.52. The van der Waals surface area contributed by atoms with Gasteiger partial charge in [0, 0.05) is 13.5 Å². The highest BCUT2D eigenvalue weighted by atomic mass is 32.1. The summed E-state index contributed by atoms with van der Waals surface area (Å²) in [6.45, 7) is 1.96. The lowest BCUT2D eigenvalue weighted by molar-refractivity contribution is -0.145. The number of thiophene rings is 1. The lowest BCUT2D eigenvalue weighted by Gasteiger charge is -2.21. The zero-order chi connectivity index (χ0) is 14.7. The first kappa shape index (κ1) is 14.5. The summed E-state index contributed by atoms with van der Waals surface area (Å²) in [5.41, 5.74) is 0. The molecule has 0 spiro atoms. The molecule has 2 rings (SSSR count). The average molecular weight is 296 g/mol. The van der Waals surface area contributed by atoms with E-state index in [4.69, 9.17) is 4.74 Å². The topological polar surface area (TPSA) is 75.7 Å². The standard InChI is InChI=1S/C13H16N2O4S/c1-8(16)14-11-6-5-10(20-11)12(17)15-7-3-4-9(15)13(18)19-2/h5-6,9H,3-4,7H2,1-2H3,(H,14,16). The first-order valence-corrected chi connectivity index (χ1v) is 7.11. The number of rotatable bonds is 3. The van der Waals surface area contributed by atoms with Gasteiger partial charge >= 0.3 is 5.97 Å². The molecule has 0 saturated carbocycles. The zero-order valence-electron chi connectivity index (χ0n) is 11.3. The van der Waals surface area contributed by atoms with Crippen molar-refractivity contribution < 1.29 is 19.1 Å². The SMILES string of the molecule is COC(=O)C1CCCN1C(=O)c1ccc(NC(C)=O)s1. The maximum absolute atomic E-state index is 12.4. The molecule has 1 aromatic rings. The second kappa shape index (κ2) is 6.04. The predicted molar refractivity (Wildman–Crippen MR) is 74.7 cm³/mol. The van der Waals surface area contributed by atoms with Crippen LogP contribution in [0.15, 0.2) is 12.1 Å². The van der Waals surface area contributed by atoms with E-state index >= 15 is 0 Å². The summed E-state index contributed by atoms with van der Waals surface area (Å²) in [5.74, 6) is -0.756. The van der Waals surface area contributed by atoms with E-state index in [9.17, 15) is 14.4 Å². The van der Waals surface area contributed by atoms with Crippen molar-refractivity contribution in [2.24, 2.45) is 0 Å². The van der Waals surface area contributed by atoms with Gasteiger partial charge in [0.15, 0.2) is 0 Å². The number of nitrogens with one attached hydrogen (secondary N) is 1. The van der Waals surface area contributed by atoms with Crippen molar-refractivity contribution in [2.75, 3.05) is 19.0 Å². The molecule has 0 bridgehead atoms. The first-order chi connectivity index (χ1) is 9.52. The third kappa shape index (κ3) is 2.98. The summed E-state index contributed by atoms with van der Waals surface area (Å²) in [6, 6.07) is 2.84. The molecule has 0 radical (unpaired) electrons. The Morgan fingerprint density at radius 3 is 2.80 bits per heavy atom. The number of amides is 2. The van der Waals surface area contributed by atoms with Crippen LogP contribution in [0.25, 0.3) is 0 Å². The van der Waals surface area contributed by atoms with E-state index in [0.29, 0.717) is 22.8 Å². The Morgan fingerprint density at radius 1 is 1.40 bits per heavy atom. The van der Waals surface area contributed by atoms with Crippen molar-refractivity contribution in [3.8, 4) is 0 Å². The van der Waals surface area contributed by atoms with E-state index in [1.54, 1.807) is 12.1 Å². The molecule has 1 N–H and O–H groups in total. The fourth-order valence-corrected chi connectivity index (χ4v) is 3.13. The quantitative estimate of drug-likeness (QED) is 0.857. The molecule has 1 unspecified atom stereocenters. The van der Waals surface area contributed by atoms with Crippen molar-refractivity contribution in [3.05, 3.63) is 17.0 Å². The number of nitrogens with zero attached hydrogens (tertiary/aromatic N) is 1. The molecule has 0 aliphatic carbocycles. The molecule has 2 amide bonds. The van der Waals surface area contributed by atoms with E-state index in [2.05, 4.69) is 5.32 Å². The summed E-state index contributed by atoms with van der Waals surface area (Å²) in [6.07, 6.45) is 1.41. The Bertz CT molecular complexity index is 540. The highest BCUT2D eigenvalue weighted by Gasteiger charge is 2.35. The number of carbonyl (C=O) groups excluding carboxylic acids is 3. The van der Waals surface area contributed by atoms with Crippen molar-refractivity contribution >= 4 is 34.1 Å². The number of anilines is 1. The van der Waals surface area contributed by atoms with E-state index < -0.39 is 6.04 Å². The second-order valence-corrected chi connectivity index (χ2v) is 5.61. The molecule has 1 atom stereocenters. The first-order valence-electron chi connectivity index (χ1n) is 6.29. The van der Waals surface area contributed by atoms with Gasteiger partial charge < -0.3 is 15.0 Å². The van der Waals surface area contributed by atoms with E-state index in [1.807, 2.05) is 0 Å². The minimum atomic E-state index is -0.501. The number of methoxy groups -OCH3 is 1. The maximum Gasteiger partial charge on any atom is 0.328 e. The molecule has 1 aliphatic rings. The van der Waals surface area contributed by atoms with Crippen molar-refractivity contribution in [1.82, 2.24) is 4.90 Å². The molecule has 0 aromatic carbocycles. The molecule has 7 heteroatoms. The normalized spacial score (nSPS) is 17.9. The largest absolute Gasteiger partial charge is 0.467 e. The number of hydrogen-bond donors (Lipinski definition) is 1. The molecule has 1 aromatic heterocycles. The Hall–Kier alpha value is -1.89. The summed E-state index contributed by atoms with van der Waals surface area (Å²) < 4.78 is 4.72. The van der Waals surface area contributed by atoms with Gasteiger partial charge in [0.25, 0.3) is 5.91 Å². The van der Waals surface area contributed by atoms with Crippen LogP contribution in [-0.2, 0) is 14.3 Å². The summed E-state index contributed by atoms with van der Waals surface area (Å²) in [5, 5.41) is 3.25. The van der Waals surface area contributed by atoms with Gasteiger partial charge in [0.05, 0.1) is 17.0 Å². The lowest BCUT2D eigenvalue weighted by Crippen LogP contribution is -2.40. The van der Waals surface area contributed by atoms with Crippen LogP contribution in [0, 0.1) is 0 Å². The highest BCUT2D eigenvalue weighted by molar-refractivity contribution is 7.18. The van der Waals surface area contributed by atoms with E-state index in [1.165, 1.54) is 30.3 Å². The summed E-state index contributed by atoms with van der Waals surface area (Å²) in [7, 11) is 1.32. The van der Waals surface area contributed by atoms with Gasteiger partial charge in [-0.15, -0.1) is 11.3 Å². The van der Waals surface area contributed by atoms with E-state index in [-0.39, 0.29) is 17.8 Å². The van der Waals surface area contributed by atoms with Gasteiger partial charge in [-0.1, -0.05) is 0 Å². The number of esters is 1. The van der Waals surface area contributed by atoms with Gasteiger partial charge in [0.2, 0.25) is 5.91 Å². The van der Waals surface area contributed by atoms with Gasteiger partial charge in [-0.25, -0.2) is 4.79 Å². The van der Waals surface area contributed by atoms with Crippen molar-refractivity contribution in [1.29, 1.82) is 0 Å². The van der Waals surface area contributed by atoms with Crippen LogP contribution in [0.2, 0.25) is 0 Å². The van der Waals surface area contributed by atoms with Crippen LogP contribution in [0.5, 0.6) is 0 Å². The van der Waals surface area contributed by atoms with Crippen molar-refractivity contribution in [3.63, 3.8) is 0 Å². The third-order valence-corrected chi connectivity index (χ3v) is 4.09. The number of carbonyl (C=O) groups is 3. The Balaban J connectivity index is 2.12. The van der Waals surface area contributed by atoms with Crippen LogP contribution in [0.4, 0.5) is 5.00 Å². The minimum absolute atomic E-state index is 0.181. The van der Waals surface area contributed by atoms with E-state index in [0.717, 1.165) is 6.42 Å². The Morgan fingerprint density at radius 2 is 2.15 bits per heavy atom. The average Bonchev–Trinajstić information content (AvgIpc) is 3.04. The fraction of sp³-hybridized carbons (Fsp3) is 0.462. The Kier molecular flexibility index (Phi) is 4.39. The number of likely N-dealkylation sites (tertiary alicyclic amines) is 1. The predicted octanol–water partition coefficient (Wildman–Crippen LogP) is 1.48.